The van der Waals surface area contributed by atoms with Gasteiger partial charge in [-0.05, 0) is 27.2 Å². The first-order valence-corrected chi connectivity index (χ1v) is 5.91. The Morgan fingerprint density at radius 3 is 2.47 bits per heavy atom. The predicted octanol–water partition coefficient (Wildman–Crippen LogP) is 1.34. The minimum absolute atomic E-state index is 0.0968. The van der Waals surface area contributed by atoms with Crippen molar-refractivity contribution < 1.29 is 24.1 Å². The number of hydrogen-bond acceptors (Lipinski definition) is 5. The first-order valence-electron chi connectivity index (χ1n) is 5.91. The van der Waals surface area contributed by atoms with Crippen molar-refractivity contribution in [1.82, 2.24) is 0 Å². The second kappa shape index (κ2) is 8.44. The second-order valence-electron chi connectivity index (χ2n) is 4.62. The van der Waals surface area contributed by atoms with Crippen molar-refractivity contribution >= 4 is 5.97 Å². The van der Waals surface area contributed by atoms with E-state index in [1.807, 2.05) is 20.8 Å². The lowest BCUT2D eigenvalue weighted by molar-refractivity contribution is -0.157. The van der Waals surface area contributed by atoms with Gasteiger partial charge < -0.3 is 19.3 Å². The maximum atomic E-state index is 11.5. The van der Waals surface area contributed by atoms with Crippen LogP contribution in [0.5, 0.6) is 0 Å². The third-order valence-electron chi connectivity index (χ3n) is 2.42. The van der Waals surface area contributed by atoms with Crippen LogP contribution in [0.3, 0.4) is 0 Å². The van der Waals surface area contributed by atoms with Gasteiger partial charge in [0.25, 0.3) is 0 Å². The number of carbonyl (C=O) groups excluding carboxylic acids is 1. The van der Waals surface area contributed by atoms with Crippen molar-refractivity contribution in [1.29, 1.82) is 0 Å². The van der Waals surface area contributed by atoms with Crippen LogP contribution in [0, 0.1) is 5.41 Å². The fourth-order valence-electron chi connectivity index (χ4n) is 0.870. The van der Waals surface area contributed by atoms with Gasteiger partial charge in [0.15, 0.2) is 0 Å². The van der Waals surface area contributed by atoms with Gasteiger partial charge in [-0.2, -0.15) is 0 Å². The van der Waals surface area contributed by atoms with E-state index in [1.165, 1.54) is 0 Å². The molecule has 0 spiro atoms. The summed E-state index contributed by atoms with van der Waals surface area (Å²) in [5.41, 5.74) is -0.442. The number of esters is 1. The summed E-state index contributed by atoms with van der Waals surface area (Å²) >= 11 is 0. The lowest BCUT2D eigenvalue weighted by atomic mass is 9.91. The number of carbonyl (C=O) groups is 1. The molecule has 0 aliphatic heterocycles. The van der Waals surface area contributed by atoms with Gasteiger partial charge in [-0.3, -0.25) is 4.79 Å². The summed E-state index contributed by atoms with van der Waals surface area (Å²) in [6.07, 6.45) is 0.242. The van der Waals surface area contributed by atoms with Gasteiger partial charge in [0.2, 0.25) is 0 Å². The van der Waals surface area contributed by atoms with Gasteiger partial charge in [-0.25, -0.2) is 0 Å². The smallest absolute Gasteiger partial charge is 0.311 e. The Bertz CT molecular complexity index is 213. The van der Waals surface area contributed by atoms with E-state index in [2.05, 4.69) is 0 Å². The lowest BCUT2D eigenvalue weighted by Gasteiger charge is -2.20. The molecule has 5 heteroatoms. The molecule has 0 aliphatic carbocycles. The van der Waals surface area contributed by atoms with Crippen molar-refractivity contribution in [2.45, 2.75) is 40.2 Å². The van der Waals surface area contributed by atoms with Gasteiger partial charge in [0, 0.05) is 0 Å². The lowest BCUT2D eigenvalue weighted by Crippen LogP contribution is -2.27. The second-order valence-corrected chi connectivity index (χ2v) is 4.62. The normalized spacial score (nSPS) is 13.5. The van der Waals surface area contributed by atoms with E-state index in [0.29, 0.717) is 6.61 Å². The molecule has 102 valence electrons. The van der Waals surface area contributed by atoms with E-state index in [0.717, 1.165) is 6.42 Å². The van der Waals surface area contributed by atoms with Crippen molar-refractivity contribution in [2.75, 3.05) is 26.6 Å². The molecule has 0 rings (SSSR count). The van der Waals surface area contributed by atoms with Crippen LogP contribution in [-0.2, 0) is 19.0 Å². The zero-order valence-electron chi connectivity index (χ0n) is 11.2. The molecule has 1 atom stereocenters. The summed E-state index contributed by atoms with van der Waals surface area (Å²) in [6, 6.07) is 0. The first kappa shape index (κ1) is 16.4. The molecule has 0 saturated carbocycles. The van der Waals surface area contributed by atoms with E-state index in [4.69, 9.17) is 19.3 Å². The number of rotatable bonds is 9. The molecule has 5 nitrogen and oxygen atoms in total. The van der Waals surface area contributed by atoms with Gasteiger partial charge in [-0.15, -0.1) is 0 Å². The van der Waals surface area contributed by atoms with Gasteiger partial charge in [-0.1, -0.05) is 6.92 Å². The Hall–Kier alpha value is -0.650. The Kier molecular flexibility index (Phi) is 8.12. The SMILES string of the molecule is CCC(C)(C)C(=O)OCCOCOCC(C)O. The fourth-order valence-corrected chi connectivity index (χ4v) is 0.870. The molecule has 0 heterocycles. The molecule has 0 aromatic carbocycles. The van der Waals surface area contributed by atoms with E-state index >= 15 is 0 Å². The van der Waals surface area contributed by atoms with Crippen molar-refractivity contribution in [3.63, 3.8) is 0 Å². The molecule has 1 N–H and O–H groups in total. The average Bonchev–Trinajstić information content (AvgIpc) is 2.27. The van der Waals surface area contributed by atoms with E-state index in [-0.39, 0.29) is 26.0 Å². The average molecular weight is 248 g/mol. The highest BCUT2D eigenvalue weighted by Gasteiger charge is 2.26. The summed E-state index contributed by atoms with van der Waals surface area (Å²) in [4.78, 5) is 11.5. The zero-order valence-corrected chi connectivity index (χ0v) is 11.2. The van der Waals surface area contributed by atoms with Gasteiger partial charge in [0.1, 0.15) is 13.4 Å². The topological polar surface area (TPSA) is 65.0 Å². The number of aliphatic hydroxyl groups is 1. The molecule has 0 saturated heterocycles. The highest BCUT2D eigenvalue weighted by atomic mass is 16.7. The van der Waals surface area contributed by atoms with Crippen LogP contribution in [0.4, 0.5) is 0 Å². The molecule has 0 radical (unpaired) electrons. The first-order chi connectivity index (χ1) is 7.90. The number of hydrogen-bond donors (Lipinski definition) is 1. The predicted molar refractivity (Wildman–Crippen MR) is 63.5 cm³/mol. The largest absolute Gasteiger partial charge is 0.463 e. The summed E-state index contributed by atoms with van der Waals surface area (Å²) in [5, 5.41) is 8.89. The monoisotopic (exact) mass is 248 g/mol. The van der Waals surface area contributed by atoms with E-state index < -0.39 is 11.5 Å². The molecule has 0 aliphatic rings. The maximum absolute atomic E-state index is 11.5. The standard InChI is InChI=1S/C12H24O5/c1-5-12(3,4)11(14)17-7-6-15-9-16-8-10(2)13/h10,13H,5-9H2,1-4H3. The highest BCUT2D eigenvalue weighted by molar-refractivity contribution is 5.75. The van der Waals surface area contributed by atoms with Crippen molar-refractivity contribution in [3.05, 3.63) is 0 Å². The summed E-state index contributed by atoms with van der Waals surface area (Å²) in [7, 11) is 0. The van der Waals surface area contributed by atoms with Crippen LogP contribution in [0.2, 0.25) is 0 Å². The molecule has 0 fully saturated rings. The molecule has 0 bridgehead atoms. The minimum atomic E-state index is -0.498. The van der Waals surface area contributed by atoms with Crippen LogP contribution in [-0.4, -0.2) is 43.8 Å². The molecule has 0 aromatic heterocycles. The van der Waals surface area contributed by atoms with Crippen LogP contribution >= 0.6 is 0 Å². The Morgan fingerprint density at radius 2 is 1.94 bits per heavy atom. The molecule has 0 amide bonds. The molecule has 1 unspecified atom stereocenters. The van der Waals surface area contributed by atoms with Gasteiger partial charge >= 0.3 is 5.97 Å². The Labute approximate surface area is 103 Å². The third-order valence-corrected chi connectivity index (χ3v) is 2.42. The van der Waals surface area contributed by atoms with Crippen molar-refractivity contribution in [3.8, 4) is 0 Å². The summed E-state index contributed by atoms with van der Waals surface area (Å²) in [6.45, 7) is 8.13. The van der Waals surface area contributed by atoms with E-state index in [9.17, 15) is 4.79 Å². The summed E-state index contributed by atoms with van der Waals surface area (Å²) in [5.74, 6) is -0.214. The molecule has 0 aromatic rings. The molecular formula is C12H24O5. The van der Waals surface area contributed by atoms with Gasteiger partial charge in [0.05, 0.1) is 24.7 Å². The molecular weight excluding hydrogens is 224 g/mol. The van der Waals surface area contributed by atoms with Crippen LogP contribution in [0.1, 0.15) is 34.1 Å². The van der Waals surface area contributed by atoms with Crippen LogP contribution in [0.15, 0.2) is 0 Å². The van der Waals surface area contributed by atoms with E-state index in [1.54, 1.807) is 6.92 Å². The Balaban J connectivity index is 3.43. The third kappa shape index (κ3) is 8.12. The van der Waals surface area contributed by atoms with Crippen LogP contribution in [0.25, 0.3) is 0 Å². The number of aliphatic hydroxyl groups excluding tert-OH is 1. The minimum Gasteiger partial charge on any atom is -0.463 e. The van der Waals surface area contributed by atoms with Crippen LogP contribution < -0.4 is 0 Å². The summed E-state index contributed by atoms with van der Waals surface area (Å²) < 4.78 is 15.1. The molecule has 17 heavy (non-hydrogen) atoms. The Morgan fingerprint density at radius 1 is 1.29 bits per heavy atom. The maximum Gasteiger partial charge on any atom is 0.311 e. The fraction of sp³-hybridized carbons (Fsp3) is 0.917. The highest BCUT2D eigenvalue weighted by Crippen LogP contribution is 2.21. The quantitative estimate of drug-likeness (QED) is 0.379. The zero-order chi connectivity index (χ0) is 13.3. The van der Waals surface area contributed by atoms with Crippen molar-refractivity contribution in [2.24, 2.45) is 5.41 Å². The number of ether oxygens (including phenoxy) is 3.